The zero-order valence-corrected chi connectivity index (χ0v) is 9.08. The van der Waals surface area contributed by atoms with Gasteiger partial charge in [-0.05, 0) is 17.5 Å². The van der Waals surface area contributed by atoms with Crippen LogP contribution in [0.2, 0.25) is 0 Å². The van der Waals surface area contributed by atoms with E-state index in [0.29, 0.717) is 6.61 Å². The van der Waals surface area contributed by atoms with E-state index in [1.165, 1.54) is 0 Å². The molecule has 0 amide bonds. The van der Waals surface area contributed by atoms with Crippen LogP contribution in [0, 0.1) is 5.41 Å². The van der Waals surface area contributed by atoms with Crippen LogP contribution in [0.15, 0.2) is 24.3 Å². The van der Waals surface area contributed by atoms with Crippen molar-refractivity contribution < 1.29 is 9.76 Å². The van der Waals surface area contributed by atoms with Gasteiger partial charge in [-0.3, -0.25) is 0 Å². The molecule has 76 valence electrons. The summed E-state index contributed by atoms with van der Waals surface area (Å²) in [5, 5.41) is 8.85. The topological polar surface area (TPSA) is 29.5 Å². The Kier molecular flexibility index (Phi) is 3.58. The predicted molar refractivity (Wildman–Crippen MR) is 60.4 cm³/mol. The summed E-state index contributed by atoms with van der Waals surface area (Å²) >= 11 is 0. The molecule has 0 bridgehead atoms. The normalized spacial score (nSPS) is 11.1. The molecule has 0 aliphatic carbocycles. The average Bonchev–Trinajstić information content (AvgIpc) is 2.14. The van der Waals surface area contributed by atoms with Gasteiger partial charge in [0.15, 0.2) is 0 Å². The van der Waals surface area contributed by atoms with Crippen LogP contribution in [-0.2, 0) is 0 Å². The summed E-state index contributed by atoms with van der Waals surface area (Å²) in [6.45, 7) is 7.10. The maximum absolute atomic E-state index is 8.85. The fraction of sp³-hybridized carbons (Fsp3) is 0.455. The summed E-state index contributed by atoms with van der Waals surface area (Å²) < 4.78 is 5.59. The van der Waals surface area contributed by atoms with Crippen molar-refractivity contribution in [3.05, 3.63) is 24.3 Å². The van der Waals surface area contributed by atoms with Gasteiger partial charge in [-0.25, -0.2) is 0 Å². The molecule has 1 N–H and O–H groups in total. The fourth-order valence-electron chi connectivity index (χ4n) is 0.991. The van der Waals surface area contributed by atoms with Gasteiger partial charge in [-0.15, -0.1) is 0 Å². The lowest BCUT2D eigenvalue weighted by Crippen LogP contribution is -2.17. The highest BCUT2D eigenvalue weighted by molar-refractivity contribution is 6.45. The van der Waals surface area contributed by atoms with Crippen LogP contribution >= 0.6 is 0 Å². The minimum atomic E-state index is 0.0829. The van der Waals surface area contributed by atoms with Gasteiger partial charge >= 0.3 is 7.48 Å². The van der Waals surface area contributed by atoms with E-state index in [2.05, 4.69) is 20.8 Å². The molecule has 0 radical (unpaired) electrons. The summed E-state index contributed by atoms with van der Waals surface area (Å²) in [5.74, 6) is 0.858. The third-order valence-electron chi connectivity index (χ3n) is 1.78. The van der Waals surface area contributed by atoms with Crippen LogP contribution < -0.4 is 10.2 Å². The Hall–Kier alpha value is -0.955. The first kappa shape index (κ1) is 11.1. The van der Waals surface area contributed by atoms with E-state index < -0.39 is 0 Å². The molecule has 1 rings (SSSR count). The van der Waals surface area contributed by atoms with Gasteiger partial charge in [0.1, 0.15) is 5.75 Å². The molecule has 1 aromatic rings. The molecule has 0 spiro atoms. The summed E-state index contributed by atoms with van der Waals surface area (Å²) in [7, 11) is 0.0829. The first-order valence-electron chi connectivity index (χ1n) is 4.84. The number of rotatable bonds is 3. The molecule has 3 heteroatoms. The van der Waals surface area contributed by atoms with Crippen molar-refractivity contribution in [3.8, 4) is 5.75 Å². The maximum Gasteiger partial charge on any atom is 0.304 e. The van der Waals surface area contributed by atoms with E-state index in [1.54, 1.807) is 0 Å². The van der Waals surface area contributed by atoms with Gasteiger partial charge < -0.3 is 9.76 Å². The van der Waals surface area contributed by atoms with E-state index in [9.17, 15) is 0 Å². The molecule has 0 atom stereocenters. The Balaban J connectivity index is 2.52. The van der Waals surface area contributed by atoms with Crippen molar-refractivity contribution >= 4 is 12.9 Å². The van der Waals surface area contributed by atoms with Crippen LogP contribution in [0.4, 0.5) is 0 Å². The first-order valence-corrected chi connectivity index (χ1v) is 4.84. The van der Waals surface area contributed by atoms with Gasteiger partial charge in [-0.2, -0.15) is 0 Å². The van der Waals surface area contributed by atoms with Crippen LogP contribution in [0.5, 0.6) is 5.75 Å². The van der Waals surface area contributed by atoms with Crippen LogP contribution in [0.25, 0.3) is 0 Å². The molecule has 1 aromatic carbocycles. The van der Waals surface area contributed by atoms with Gasteiger partial charge in [0.05, 0.1) is 6.61 Å². The van der Waals surface area contributed by atoms with Crippen molar-refractivity contribution in [3.63, 3.8) is 0 Å². The molecule has 0 aliphatic heterocycles. The molecular formula is C11H17BO2. The Morgan fingerprint density at radius 1 is 1.21 bits per heavy atom. The predicted octanol–water partition coefficient (Wildman–Crippen LogP) is 1.08. The number of hydrogen-bond donors (Lipinski definition) is 1. The quantitative estimate of drug-likeness (QED) is 0.726. The molecule has 0 saturated carbocycles. The van der Waals surface area contributed by atoms with Gasteiger partial charge in [0, 0.05) is 0 Å². The Bertz CT molecular complexity index is 274. The van der Waals surface area contributed by atoms with Crippen molar-refractivity contribution in [1.29, 1.82) is 0 Å². The second-order valence-electron chi connectivity index (χ2n) is 4.65. The van der Waals surface area contributed by atoms with Crippen LogP contribution in [0.3, 0.4) is 0 Å². The minimum Gasteiger partial charge on any atom is -0.493 e. The zero-order chi connectivity index (χ0) is 10.6. The smallest absolute Gasteiger partial charge is 0.304 e. The lowest BCUT2D eigenvalue weighted by molar-refractivity contribution is 0.198. The highest BCUT2D eigenvalue weighted by Gasteiger charge is 2.10. The Morgan fingerprint density at radius 3 is 2.21 bits per heavy atom. The van der Waals surface area contributed by atoms with E-state index in [4.69, 9.17) is 9.76 Å². The molecule has 0 heterocycles. The number of ether oxygens (including phenoxy) is 1. The third kappa shape index (κ3) is 3.84. The number of benzene rings is 1. The average molecular weight is 192 g/mol. The molecule has 0 aliphatic rings. The van der Waals surface area contributed by atoms with E-state index in [1.807, 2.05) is 24.3 Å². The lowest BCUT2D eigenvalue weighted by Gasteiger charge is -2.18. The molecular weight excluding hydrogens is 175 g/mol. The summed E-state index contributed by atoms with van der Waals surface area (Å²) in [5.41, 5.74) is 1.09. The summed E-state index contributed by atoms with van der Waals surface area (Å²) in [4.78, 5) is 0. The van der Waals surface area contributed by atoms with Crippen molar-refractivity contribution in [2.45, 2.75) is 20.8 Å². The molecule has 0 unspecified atom stereocenters. The van der Waals surface area contributed by atoms with Crippen molar-refractivity contribution in [2.75, 3.05) is 6.61 Å². The monoisotopic (exact) mass is 192 g/mol. The van der Waals surface area contributed by atoms with Crippen molar-refractivity contribution in [1.82, 2.24) is 0 Å². The Morgan fingerprint density at radius 2 is 1.79 bits per heavy atom. The SMILES string of the molecule is CC(C)(C)COc1ccc(BO)cc1. The van der Waals surface area contributed by atoms with E-state index in [-0.39, 0.29) is 12.9 Å². The van der Waals surface area contributed by atoms with Gasteiger partial charge in [0.2, 0.25) is 0 Å². The third-order valence-corrected chi connectivity index (χ3v) is 1.78. The lowest BCUT2D eigenvalue weighted by atomic mass is 9.89. The second-order valence-corrected chi connectivity index (χ2v) is 4.65. The molecule has 0 fully saturated rings. The molecule has 14 heavy (non-hydrogen) atoms. The number of hydrogen-bond acceptors (Lipinski definition) is 2. The van der Waals surface area contributed by atoms with E-state index >= 15 is 0 Å². The van der Waals surface area contributed by atoms with Gasteiger partial charge in [0.25, 0.3) is 0 Å². The van der Waals surface area contributed by atoms with Crippen LogP contribution in [0.1, 0.15) is 20.8 Å². The zero-order valence-electron chi connectivity index (χ0n) is 9.08. The highest BCUT2D eigenvalue weighted by Crippen LogP contribution is 2.16. The minimum absolute atomic E-state index is 0.0829. The van der Waals surface area contributed by atoms with Gasteiger partial charge in [-0.1, -0.05) is 38.4 Å². The fourth-order valence-corrected chi connectivity index (χ4v) is 0.991. The molecule has 0 aromatic heterocycles. The molecule has 0 saturated heterocycles. The second kappa shape index (κ2) is 4.51. The maximum atomic E-state index is 8.85. The standard InChI is InChI=1S/C11H17BO2/c1-11(2,3)8-14-10-6-4-9(12-13)5-7-10/h4-7,12-13H,8H2,1-3H3. The summed E-state index contributed by atoms with van der Waals surface area (Å²) in [6.07, 6.45) is 0. The van der Waals surface area contributed by atoms with Crippen molar-refractivity contribution in [2.24, 2.45) is 5.41 Å². The van der Waals surface area contributed by atoms with E-state index in [0.717, 1.165) is 11.2 Å². The summed E-state index contributed by atoms with van der Waals surface area (Å²) in [6, 6.07) is 7.52. The first-order chi connectivity index (χ1) is 6.51. The molecule has 2 nitrogen and oxygen atoms in total. The highest BCUT2D eigenvalue weighted by atomic mass is 16.5. The van der Waals surface area contributed by atoms with Crippen LogP contribution in [-0.4, -0.2) is 19.1 Å². The Labute approximate surface area is 86.2 Å². The largest absolute Gasteiger partial charge is 0.493 e.